The molecule has 1 unspecified atom stereocenters. The SMILES string of the molecule is CN(C(=O)c1cc(C(F)(F)F)cc(C(F)(F)F)c1)C(CC(=O)O)C(c1ccccc1)c1ccccc1. The van der Waals surface area contributed by atoms with E-state index >= 15 is 0 Å². The highest BCUT2D eigenvalue weighted by molar-refractivity contribution is 5.95. The van der Waals surface area contributed by atoms with E-state index in [2.05, 4.69) is 0 Å². The fourth-order valence-corrected chi connectivity index (χ4v) is 4.05. The molecule has 0 bridgehead atoms. The Balaban J connectivity index is 2.14. The molecule has 0 aliphatic carbocycles. The number of carbonyl (C=O) groups is 2. The third-order valence-corrected chi connectivity index (χ3v) is 5.74. The van der Waals surface area contributed by atoms with Crippen molar-refractivity contribution in [3.05, 3.63) is 107 Å². The van der Waals surface area contributed by atoms with Crippen molar-refractivity contribution in [1.82, 2.24) is 4.90 Å². The Labute approximate surface area is 202 Å². The number of amides is 1. The van der Waals surface area contributed by atoms with Gasteiger partial charge in [-0.05, 0) is 29.3 Å². The predicted octanol–water partition coefficient (Wildman–Crippen LogP) is 6.47. The number of likely N-dealkylation sites (N-methyl/N-ethyl adjacent to an activating group) is 1. The van der Waals surface area contributed by atoms with E-state index in [1.807, 2.05) is 0 Å². The summed E-state index contributed by atoms with van der Waals surface area (Å²) in [5.41, 5.74) is -2.88. The quantitative estimate of drug-likeness (QED) is 0.372. The molecule has 3 aromatic carbocycles. The molecule has 1 N–H and O–H groups in total. The van der Waals surface area contributed by atoms with E-state index in [0.29, 0.717) is 23.3 Å². The van der Waals surface area contributed by atoms with Crippen molar-refractivity contribution in [3.63, 3.8) is 0 Å². The van der Waals surface area contributed by atoms with Gasteiger partial charge in [-0.15, -0.1) is 0 Å². The van der Waals surface area contributed by atoms with Crippen LogP contribution in [0.2, 0.25) is 0 Å². The number of carboxylic acid groups (broad SMARTS) is 1. The summed E-state index contributed by atoms with van der Waals surface area (Å²) in [7, 11) is 1.17. The van der Waals surface area contributed by atoms with E-state index in [-0.39, 0.29) is 6.07 Å². The lowest BCUT2D eigenvalue weighted by molar-refractivity contribution is -0.143. The highest BCUT2D eigenvalue weighted by atomic mass is 19.4. The number of hydrogen-bond donors (Lipinski definition) is 1. The molecule has 0 fully saturated rings. The van der Waals surface area contributed by atoms with Gasteiger partial charge in [-0.1, -0.05) is 60.7 Å². The van der Waals surface area contributed by atoms with Crippen molar-refractivity contribution >= 4 is 11.9 Å². The van der Waals surface area contributed by atoms with Crippen molar-refractivity contribution in [3.8, 4) is 0 Å². The van der Waals surface area contributed by atoms with Gasteiger partial charge in [0.2, 0.25) is 0 Å². The molecule has 190 valence electrons. The van der Waals surface area contributed by atoms with E-state index in [4.69, 9.17) is 0 Å². The smallest absolute Gasteiger partial charge is 0.416 e. The third-order valence-electron chi connectivity index (χ3n) is 5.74. The van der Waals surface area contributed by atoms with Crippen LogP contribution in [0.4, 0.5) is 26.3 Å². The first-order valence-corrected chi connectivity index (χ1v) is 10.7. The molecule has 3 aromatic rings. The Morgan fingerprint density at radius 3 is 1.56 bits per heavy atom. The zero-order valence-corrected chi connectivity index (χ0v) is 18.8. The fourth-order valence-electron chi connectivity index (χ4n) is 4.05. The summed E-state index contributed by atoms with van der Waals surface area (Å²) in [5.74, 6) is -3.20. The van der Waals surface area contributed by atoms with Crippen molar-refractivity contribution in [2.24, 2.45) is 0 Å². The van der Waals surface area contributed by atoms with Crippen LogP contribution in [0.3, 0.4) is 0 Å². The van der Waals surface area contributed by atoms with E-state index in [1.54, 1.807) is 60.7 Å². The van der Waals surface area contributed by atoms with Crippen LogP contribution in [0.1, 0.15) is 45.0 Å². The van der Waals surface area contributed by atoms with Gasteiger partial charge in [-0.2, -0.15) is 26.3 Å². The predicted molar refractivity (Wildman–Crippen MR) is 119 cm³/mol. The Morgan fingerprint density at radius 1 is 0.778 bits per heavy atom. The standard InChI is InChI=1S/C26H21F6NO3/c1-33(24(36)18-12-19(25(27,28)29)14-20(13-18)26(30,31)32)21(15-22(34)35)23(16-8-4-2-5-9-16)17-10-6-3-7-11-17/h2-14,21,23H,15H2,1H3,(H,34,35). The number of halogens is 6. The largest absolute Gasteiger partial charge is 0.481 e. The summed E-state index contributed by atoms with van der Waals surface area (Å²) in [6, 6.07) is 16.6. The summed E-state index contributed by atoms with van der Waals surface area (Å²) in [4.78, 5) is 26.0. The number of benzene rings is 3. The van der Waals surface area contributed by atoms with Gasteiger partial charge in [0.15, 0.2) is 0 Å². The van der Waals surface area contributed by atoms with Crippen LogP contribution in [-0.2, 0) is 17.1 Å². The highest BCUT2D eigenvalue weighted by Gasteiger charge is 2.39. The molecule has 36 heavy (non-hydrogen) atoms. The van der Waals surface area contributed by atoms with Crippen molar-refractivity contribution in [1.29, 1.82) is 0 Å². The van der Waals surface area contributed by atoms with Crippen LogP contribution >= 0.6 is 0 Å². The van der Waals surface area contributed by atoms with E-state index in [1.165, 1.54) is 7.05 Å². The molecule has 4 nitrogen and oxygen atoms in total. The molecule has 0 spiro atoms. The maximum absolute atomic E-state index is 13.3. The summed E-state index contributed by atoms with van der Waals surface area (Å²) < 4.78 is 80.0. The second-order valence-electron chi connectivity index (χ2n) is 8.17. The first-order chi connectivity index (χ1) is 16.8. The molecule has 10 heteroatoms. The van der Waals surface area contributed by atoms with Crippen molar-refractivity contribution < 1.29 is 41.0 Å². The van der Waals surface area contributed by atoms with Crippen LogP contribution < -0.4 is 0 Å². The number of rotatable bonds is 7. The molecule has 0 aliphatic rings. The lowest BCUT2D eigenvalue weighted by Crippen LogP contribution is -2.43. The summed E-state index contributed by atoms with van der Waals surface area (Å²) >= 11 is 0. The third kappa shape index (κ3) is 6.24. The number of hydrogen-bond acceptors (Lipinski definition) is 2. The maximum atomic E-state index is 13.3. The molecule has 0 saturated heterocycles. The van der Waals surface area contributed by atoms with Crippen LogP contribution in [-0.4, -0.2) is 35.0 Å². The molecular weight excluding hydrogens is 488 g/mol. The molecule has 0 aromatic heterocycles. The van der Waals surface area contributed by atoms with Gasteiger partial charge >= 0.3 is 18.3 Å². The second kappa shape index (κ2) is 10.4. The molecule has 0 radical (unpaired) electrons. The average Bonchev–Trinajstić information content (AvgIpc) is 2.82. The second-order valence-corrected chi connectivity index (χ2v) is 8.17. The fraction of sp³-hybridized carbons (Fsp3) is 0.231. The Morgan fingerprint density at radius 2 is 1.19 bits per heavy atom. The first kappa shape index (κ1) is 26.8. The topological polar surface area (TPSA) is 57.6 Å². The number of carbonyl (C=O) groups excluding carboxylic acids is 1. The molecule has 0 heterocycles. The number of carboxylic acids is 1. The van der Waals surface area contributed by atoms with Gasteiger partial charge in [0.25, 0.3) is 5.91 Å². The van der Waals surface area contributed by atoms with Gasteiger partial charge in [0.05, 0.1) is 23.6 Å². The van der Waals surface area contributed by atoms with Crippen molar-refractivity contribution in [2.75, 3.05) is 7.05 Å². The summed E-state index contributed by atoms with van der Waals surface area (Å²) in [6.07, 6.45) is -10.9. The summed E-state index contributed by atoms with van der Waals surface area (Å²) in [6.45, 7) is 0. The first-order valence-electron chi connectivity index (χ1n) is 10.7. The molecule has 3 rings (SSSR count). The lowest BCUT2D eigenvalue weighted by Gasteiger charge is -2.35. The van der Waals surface area contributed by atoms with E-state index in [9.17, 15) is 41.0 Å². The van der Waals surface area contributed by atoms with Crippen LogP contribution in [0.15, 0.2) is 78.9 Å². The molecule has 1 amide bonds. The molecule has 0 saturated carbocycles. The highest BCUT2D eigenvalue weighted by Crippen LogP contribution is 2.38. The molecule has 0 aliphatic heterocycles. The zero-order valence-electron chi connectivity index (χ0n) is 18.8. The molecular formula is C26H21F6NO3. The minimum atomic E-state index is -5.13. The van der Waals surface area contributed by atoms with Crippen LogP contribution in [0.5, 0.6) is 0 Å². The summed E-state index contributed by atoms with van der Waals surface area (Å²) in [5, 5.41) is 9.59. The van der Waals surface area contributed by atoms with E-state index < -0.39 is 59.3 Å². The monoisotopic (exact) mass is 509 g/mol. The lowest BCUT2D eigenvalue weighted by atomic mass is 9.82. The minimum Gasteiger partial charge on any atom is -0.481 e. The normalized spacial score (nSPS) is 12.9. The van der Waals surface area contributed by atoms with Gasteiger partial charge in [0, 0.05) is 18.5 Å². The molecule has 1 atom stereocenters. The number of alkyl halides is 6. The minimum absolute atomic E-state index is 0.0672. The zero-order chi connectivity index (χ0) is 26.7. The number of nitrogens with zero attached hydrogens (tertiary/aromatic N) is 1. The Bertz CT molecular complexity index is 1140. The average molecular weight is 509 g/mol. The Hall–Kier alpha value is -3.82. The van der Waals surface area contributed by atoms with Gasteiger partial charge in [-0.3, -0.25) is 9.59 Å². The Kier molecular flexibility index (Phi) is 7.76. The number of aliphatic carboxylic acids is 1. The maximum Gasteiger partial charge on any atom is 0.416 e. The van der Waals surface area contributed by atoms with Crippen molar-refractivity contribution in [2.45, 2.75) is 30.7 Å². The van der Waals surface area contributed by atoms with Crippen LogP contribution in [0.25, 0.3) is 0 Å². The van der Waals surface area contributed by atoms with Gasteiger partial charge < -0.3 is 10.0 Å². The van der Waals surface area contributed by atoms with Gasteiger partial charge in [-0.25, -0.2) is 0 Å². The van der Waals surface area contributed by atoms with Crippen LogP contribution in [0, 0.1) is 0 Å². The van der Waals surface area contributed by atoms with Gasteiger partial charge in [0.1, 0.15) is 0 Å². The van der Waals surface area contributed by atoms with E-state index in [0.717, 1.165) is 4.90 Å².